The molecule has 0 aliphatic rings. The average Bonchev–Trinajstić information content (AvgIpc) is 2.36. The lowest BCUT2D eigenvalue weighted by Crippen LogP contribution is -2.35. The highest BCUT2D eigenvalue weighted by Gasteiger charge is 2.10. The van der Waals surface area contributed by atoms with Crippen molar-refractivity contribution in [3.8, 4) is 23.8 Å². The number of ether oxygens (including phenoxy) is 2. The van der Waals surface area contributed by atoms with Gasteiger partial charge in [0, 0.05) is 18.5 Å². The zero-order chi connectivity index (χ0) is 14.3. The Morgan fingerprint density at radius 1 is 1.26 bits per heavy atom. The normalized spacial score (nSPS) is 10.9. The predicted octanol–water partition coefficient (Wildman–Crippen LogP) is 2.99. The molecule has 0 atom stereocenters. The van der Waals surface area contributed by atoms with E-state index in [2.05, 4.69) is 32.0 Å². The van der Waals surface area contributed by atoms with Crippen molar-refractivity contribution in [3.05, 3.63) is 23.8 Å². The molecular formula is C16H23NO2. The summed E-state index contributed by atoms with van der Waals surface area (Å²) in [5, 5.41) is 3.44. The second-order valence-corrected chi connectivity index (χ2v) is 5.39. The molecule has 1 N–H and O–H groups in total. The highest BCUT2D eigenvalue weighted by Crippen LogP contribution is 2.28. The Morgan fingerprint density at radius 2 is 2.00 bits per heavy atom. The fourth-order valence-corrected chi connectivity index (χ4v) is 1.53. The van der Waals surface area contributed by atoms with E-state index < -0.39 is 0 Å². The third-order valence-electron chi connectivity index (χ3n) is 2.55. The van der Waals surface area contributed by atoms with Crippen LogP contribution in [0.5, 0.6) is 11.5 Å². The van der Waals surface area contributed by atoms with Crippen LogP contribution >= 0.6 is 0 Å². The lowest BCUT2D eigenvalue weighted by molar-refractivity contribution is 0.301. The maximum absolute atomic E-state index is 5.58. The average molecular weight is 261 g/mol. The van der Waals surface area contributed by atoms with Crippen molar-refractivity contribution in [1.29, 1.82) is 0 Å². The molecule has 0 saturated heterocycles. The van der Waals surface area contributed by atoms with Crippen LogP contribution in [0.1, 0.15) is 32.8 Å². The molecule has 0 aromatic heterocycles. The minimum atomic E-state index is 0.0925. The zero-order valence-corrected chi connectivity index (χ0v) is 12.2. The molecule has 0 aliphatic heterocycles. The van der Waals surface area contributed by atoms with Gasteiger partial charge in [-0.15, -0.1) is 12.3 Å². The minimum Gasteiger partial charge on any atom is -0.493 e. The first-order valence-corrected chi connectivity index (χ1v) is 6.44. The van der Waals surface area contributed by atoms with E-state index in [9.17, 15) is 0 Å². The van der Waals surface area contributed by atoms with Crippen molar-refractivity contribution in [3.63, 3.8) is 0 Å². The predicted molar refractivity (Wildman–Crippen MR) is 78.5 cm³/mol. The smallest absolute Gasteiger partial charge is 0.161 e. The van der Waals surface area contributed by atoms with Gasteiger partial charge in [0.05, 0.1) is 13.7 Å². The molecule has 0 bridgehead atoms. The highest BCUT2D eigenvalue weighted by atomic mass is 16.5. The Hall–Kier alpha value is -1.66. The minimum absolute atomic E-state index is 0.0925. The largest absolute Gasteiger partial charge is 0.493 e. The Kier molecular flexibility index (Phi) is 5.72. The molecule has 3 nitrogen and oxygen atoms in total. The number of methoxy groups -OCH3 is 1. The zero-order valence-electron chi connectivity index (χ0n) is 12.2. The van der Waals surface area contributed by atoms with E-state index in [1.807, 2.05) is 18.2 Å². The maximum atomic E-state index is 5.58. The topological polar surface area (TPSA) is 30.5 Å². The summed E-state index contributed by atoms with van der Waals surface area (Å²) >= 11 is 0. The molecule has 0 aliphatic carbocycles. The van der Waals surface area contributed by atoms with Gasteiger partial charge in [-0.25, -0.2) is 0 Å². The van der Waals surface area contributed by atoms with Gasteiger partial charge in [0.2, 0.25) is 0 Å². The Bertz CT molecular complexity index is 441. The molecule has 0 saturated carbocycles. The summed E-state index contributed by atoms with van der Waals surface area (Å²) in [5.41, 5.74) is 1.26. The Labute approximate surface area is 116 Å². The van der Waals surface area contributed by atoms with Crippen LogP contribution in [0, 0.1) is 12.3 Å². The van der Waals surface area contributed by atoms with Crippen molar-refractivity contribution < 1.29 is 9.47 Å². The lowest BCUT2D eigenvalue weighted by Gasteiger charge is -2.21. The molecule has 0 fully saturated rings. The van der Waals surface area contributed by atoms with Crippen molar-refractivity contribution in [2.45, 2.75) is 39.3 Å². The van der Waals surface area contributed by atoms with Gasteiger partial charge < -0.3 is 14.8 Å². The van der Waals surface area contributed by atoms with Gasteiger partial charge in [-0.1, -0.05) is 6.07 Å². The molecule has 1 aromatic rings. The van der Waals surface area contributed by atoms with Crippen molar-refractivity contribution in [2.75, 3.05) is 13.7 Å². The van der Waals surface area contributed by atoms with E-state index in [1.54, 1.807) is 7.11 Å². The van der Waals surface area contributed by atoms with Gasteiger partial charge >= 0.3 is 0 Å². The second-order valence-electron chi connectivity index (χ2n) is 5.39. The number of nitrogens with one attached hydrogen (secondary N) is 1. The molecule has 0 spiro atoms. The van der Waals surface area contributed by atoms with Crippen LogP contribution in [-0.4, -0.2) is 19.3 Å². The standard InChI is InChI=1S/C16H23NO2/c1-6-7-10-19-14-9-8-13(11-15(14)18-5)12-17-16(2,3)4/h1,8-9,11,17H,7,10,12H2,2-5H3. The van der Waals surface area contributed by atoms with E-state index in [4.69, 9.17) is 15.9 Å². The quantitative estimate of drug-likeness (QED) is 0.631. The molecule has 1 aromatic carbocycles. The van der Waals surface area contributed by atoms with Gasteiger partial charge in [-0.3, -0.25) is 0 Å². The summed E-state index contributed by atoms with van der Waals surface area (Å²) in [6.07, 6.45) is 5.79. The summed E-state index contributed by atoms with van der Waals surface area (Å²) in [5.74, 6) is 4.02. The fourth-order valence-electron chi connectivity index (χ4n) is 1.53. The van der Waals surface area contributed by atoms with Crippen molar-refractivity contribution in [2.24, 2.45) is 0 Å². The van der Waals surface area contributed by atoms with E-state index in [1.165, 1.54) is 0 Å². The third-order valence-corrected chi connectivity index (χ3v) is 2.55. The highest BCUT2D eigenvalue weighted by molar-refractivity contribution is 5.43. The van der Waals surface area contributed by atoms with Gasteiger partial charge in [-0.05, 0) is 38.5 Å². The molecule has 0 amide bonds. The van der Waals surface area contributed by atoms with Crippen LogP contribution in [0.4, 0.5) is 0 Å². The van der Waals surface area contributed by atoms with E-state index in [-0.39, 0.29) is 5.54 Å². The number of terminal acetylenes is 1. The van der Waals surface area contributed by atoms with E-state index >= 15 is 0 Å². The molecule has 3 heteroatoms. The third kappa shape index (κ3) is 5.67. The SMILES string of the molecule is C#CCCOc1ccc(CNC(C)(C)C)cc1OC. The summed E-state index contributed by atoms with van der Waals surface area (Å²) in [6.45, 7) is 7.72. The lowest BCUT2D eigenvalue weighted by atomic mass is 10.1. The second kappa shape index (κ2) is 7.06. The van der Waals surface area contributed by atoms with Gasteiger partial charge in [0.1, 0.15) is 0 Å². The van der Waals surface area contributed by atoms with Gasteiger partial charge in [-0.2, -0.15) is 0 Å². The molecule has 0 heterocycles. The summed E-state index contributed by atoms with van der Waals surface area (Å²) in [4.78, 5) is 0. The summed E-state index contributed by atoms with van der Waals surface area (Å²) in [7, 11) is 1.64. The monoisotopic (exact) mass is 261 g/mol. The van der Waals surface area contributed by atoms with E-state index in [0.717, 1.165) is 23.6 Å². The number of hydrogen-bond donors (Lipinski definition) is 1. The van der Waals surface area contributed by atoms with E-state index in [0.29, 0.717) is 13.0 Å². The maximum Gasteiger partial charge on any atom is 0.161 e. The van der Waals surface area contributed by atoms with Crippen LogP contribution in [0.25, 0.3) is 0 Å². The Morgan fingerprint density at radius 3 is 2.58 bits per heavy atom. The molecule has 1 rings (SSSR count). The van der Waals surface area contributed by atoms with Gasteiger partial charge in [0.25, 0.3) is 0 Å². The van der Waals surface area contributed by atoms with Crippen molar-refractivity contribution in [1.82, 2.24) is 5.32 Å². The van der Waals surface area contributed by atoms with Crippen LogP contribution in [0.3, 0.4) is 0 Å². The first-order chi connectivity index (χ1) is 8.96. The first-order valence-electron chi connectivity index (χ1n) is 6.44. The summed E-state index contributed by atoms with van der Waals surface area (Å²) < 4.78 is 10.9. The fraction of sp³-hybridized carbons (Fsp3) is 0.500. The molecule has 104 valence electrons. The first kappa shape index (κ1) is 15.4. The molecule has 0 unspecified atom stereocenters. The number of hydrogen-bond acceptors (Lipinski definition) is 3. The van der Waals surface area contributed by atoms with Gasteiger partial charge in [0.15, 0.2) is 11.5 Å². The van der Waals surface area contributed by atoms with Crippen LogP contribution in [0.15, 0.2) is 18.2 Å². The number of rotatable bonds is 6. The van der Waals surface area contributed by atoms with Crippen LogP contribution in [0.2, 0.25) is 0 Å². The summed E-state index contributed by atoms with van der Waals surface area (Å²) in [6, 6.07) is 5.95. The molecular weight excluding hydrogens is 238 g/mol. The number of benzene rings is 1. The Balaban J connectivity index is 2.70. The van der Waals surface area contributed by atoms with Crippen LogP contribution < -0.4 is 14.8 Å². The van der Waals surface area contributed by atoms with Crippen molar-refractivity contribution >= 4 is 0 Å². The molecule has 0 radical (unpaired) electrons. The molecule has 19 heavy (non-hydrogen) atoms. The van der Waals surface area contributed by atoms with Crippen LogP contribution in [-0.2, 0) is 6.54 Å².